The molecular weight excluding hydrogens is 425 g/mol. The van der Waals surface area contributed by atoms with Crippen LogP contribution < -0.4 is 21.7 Å². The van der Waals surface area contributed by atoms with Crippen LogP contribution in [0.25, 0.3) is 5.70 Å². The third-order valence-corrected chi connectivity index (χ3v) is 4.76. The van der Waals surface area contributed by atoms with E-state index in [1.807, 2.05) is 30.3 Å². The lowest BCUT2D eigenvalue weighted by atomic mass is 10.1. The average molecular weight is 449 g/mol. The summed E-state index contributed by atoms with van der Waals surface area (Å²) in [6, 6.07) is 15.7. The molecule has 0 atom stereocenters. The summed E-state index contributed by atoms with van der Waals surface area (Å²) < 4.78 is 18.7. The van der Waals surface area contributed by atoms with Gasteiger partial charge < -0.3 is 21.5 Å². The molecule has 0 bridgehead atoms. The first-order valence-electron chi connectivity index (χ1n) is 9.89. The van der Waals surface area contributed by atoms with E-state index in [4.69, 9.17) is 16.9 Å². The Balaban J connectivity index is 1.93. The molecule has 0 unspecified atom stereocenters. The maximum atomic E-state index is 14.1. The quantitative estimate of drug-likeness (QED) is 0.406. The first kappa shape index (κ1) is 23.2. The molecule has 2 aromatic carbocycles. The zero-order chi connectivity index (χ0) is 24.0. The summed E-state index contributed by atoms with van der Waals surface area (Å²) in [5.41, 5.74) is 13.8. The Kier molecular flexibility index (Phi) is 7.19. The molecule has 0 aliphatic heterocycles. The number of anilines is 3. The topological polar surface area (TPSA) is 143 Å². The second kappa shape index (κ2) is 10.2. The van der Waals surface area contributed by atoms with Crippen molar-refractivity contribution in [3.05, 3.63) is 83.4 Å². The normalized spacial score (nSPS) is 11.1. The number of benzene rings is 2. The van der Waals surface area contributed by atoms with Crippen molar-refractivity contribution in [3.63, 3.8) is 0 Å². The molecule has 0 saturated carbocycles. The van der Waals surface area contributed by atoms with E-state index < -0.39 is 6.09 Å². The molecule has 33 heavy (non-hydrogen) atoms. The highest BCUT2D eigenvalue weighted by molar-refractivity contribution is 6.08. The Morgan fingerprint density at radius 2 is 1.73 bits per heavy atom. The van der Waals surface area contributed by atoms with E-state index in [-0.39, 0.29) is 41.2 Å². The summed E-state index contributed by atoms with van der Waals surface area (Å²) in [6.45, 7) is 0.203. The Morgan fingerprint density at radius 3 is 2.33 bits per heavy atom. The molecule has 0 saturated heterocycles. The van der Waals surface area contributed by atoms with Gasteiger partial charge in [0.15, 0.2) is 17.5 Å². The maximum absolute atomic E-state index is 14.1. The number of nitrogen functional groups attached to an aromatic ring is 2. The highest BCUT2D eigenvalue weighted by atomic mass is 19.1. The van der Waals surface area contributed by atoms with Crippen molar-refractivity contribution in [3.8, 4) is 0 Å². The Morgan fingerprint density at radius 1 is 1.12 bits per heavy atom. The fraction of sp³-hybridized carbons (Fsp3) is 0.130. The van der Waals surface area contributed by atoms with Crippen LogP contribution in [0, 0.1) is 11.2 Å². The van der Waals surface area contributed by atoms with E-state index in [0.717, 1.165) is 10.5 Å². The van der Waals surface area contributed by atoms with E-state index in [0.29, 0.717) is 11.3 Å². The van der Waals surface area contributed by atoms with Gasteiger partial charge in [-0.25, -0.2) is 19.2 Å². The number of nitrogens with two attached hydrogens (primary N) is 2. The second-order valence-corrected chi connectivity index (χ2v) is 6.98. The minimum Gasteiger partial charge on any atom is -0.452 e. The van der Waals surface area contributed by atoms with Gasteiger partial charge in [0.2, 0.25) is 0 Å². The van der Waals surface area contributed by atoms with Crippen LogP contribution in [0.1, 0.15) is 17.0 Å². The van der Waals surface area contributed by atoms with E-state index in [2.05, 4.69) is 20.0 Å². The van der Waals surface area contributed by atoms with Crippen molar-refractivity contribution in [2.24, 2.45) is 0 Å². The van der Waals surface area contributed by atoms with Crippen LogP contribution in [0.3, 0.4) is 0 Å². The fourth-order valence-electron chi connectivity index (χ4n) is 3.08. The number of hydrogen-bond acceptors (Lipinski definition) is 8. The van der Waals surface area contributed by atoms with Crippen molar-refractivity contribution < 1.29 is 13.9 Å². The Hall–Kier alpha value is -4.47. The summed E-state index contributed by atoms with van der Waals surface area (Å²) in [4.78, 5) is 21.1. The van der Waals surface area contributed by atoms with Crippen LogP contribution in [0.2, 0.25) is 0 Å². The largest absolute Gasteiger partial charge is 0.452 e. The number of carbonyl (C=O) groups excluding carboxylic acids is 1. The van der Waals surface area contributed by atoms with Crippen LogP contribution in [0.4, 0.5) is 26.5 Å². The third-order valence-electron chi connectivity index (χ3n) is 4.76. The Labute approximate surface area is 190 Å². The molecule has 0 aliphatic rings. The van der Waals surface area contributed by atoms with Crippen LogP contribution >= 0.6 is 0 Å². The highest BCUT2D eigenvalue weighted by Gasteiger charge is 2.21. The minimum absolute atomic E-state index is 0.0341. The molecule has 0 fully saturated rings. The molecule has 0 radical (unpaired) electrons. The van der Waals surface area contributed by atoms with Crippen LogP contribution in [-0.4, -0.2) is 35.9 Å². The van der Waals surface area contributed by atoms with Gasteiger partial charge in [-0.3, -0.25) is 10.3 Å². The van der Waals surface area contributed by atoms with Crippen molar-refractivity contribution in [1.29, 1.82) is 5.41 Å². The number of rotatable bonds is 7. The number of methoxy groups -OCH3 is 1. The molecule has 1 amide bonds. The van der Waals surface area contributed by atoms with Crippen LogP contribution in [-0.2, 0) is 11.3 Å². The lowest BCUT2D eigenvalue weighted by molar-refractivity contribution is 0.180. The monoisotopic (exact) mass is 449 g/mol. The lowest BCUT2D eigenvalue weighted by Crippen LogP contribution is -2.29. The van der Waals surface area contributed by atoms with Crippen molar-refractivity contribution in [2.45, 2.75) is 6.54 Å². The molecule has 3 rings (SSSR count). The van der Waals surface area contributed by atoms with Crippen LogP contribution in [0.5, 0.6) is 0 Å². The first-order chi connectivity index (χ1) is 15.8. The minimum atomic E-state index is -0.691. The van der Waals surface area contributed by atoms with Gasteiger partial charge in [-0.1, -0.05) is 48.5 Å². The smallest absolute Gasteiger partial charge is 0.413 e. The number of nitrogens with one attached hydrogen (secondary N) is 2. The van der Waals surface area contributed by atoms with Gasteiger partial charge in [0.05, 0.1) is 7.11 Å². The molecule has 170 valence electrons. The molecule has 10 heteroatoms. The molecule has 1 heterocycles. The van der Waals surface area contributed by atoms with Gasteiger partial charge in [0.25, 0.3) is 0 Å². The van der Waals surface area contributed by atoms with Gasteiger partial charge in [-0.15, -0.1) is 0 Å². The molecule has 6 N–H and O–H groups in total. The van der Waals surface area contributed by atoms with E-state index in [1.165, 1.54) is 26.3 Å². The zero-order valence-electron chi connectivity index (χ0n) is 18.2. The van der Waals surface area contributed by atoms with Crippen molar-refractivity contribution in [1.82, 2.24) is 15.3 Å². The van der Waals surface area contributed by atoms with Gasteiger partial charge in [-0.05, 0) is 17.7 Å². The standard InChI is InChI=1S/C23H24FN7O2/c1-31(23(32)33-2)19-20(26)29-22(30-21(19)27)17(25)12-18(14-8-4-3-5-9-14)28-13-15-10-6-7-11-16(15)24/h3-12,25,28H,13H2,1-2H3,(H4,26,27,29,30)/b18-12-,25-17?. The summed E-state index contributed by atoms with van der Waals surface area (Å²) in [5, 5.41) is 11.7. The number of nitrogens with zero attached hydrogens (tertiary/aromatic N) is 3. The zero-order valence-corrected chi connectivity index (χ0v) is 18.2. The number of ether oxygens (including phenoxy) is 1. The van der Waals surface area contributed by atoms with E-state index in [9.17, 15) is 9.18 Å². The number of aromatic nitrogens is 2. The predicted molar refractivity (Wildman–Crippen MR) is 126 cm³/mol. The summed E-state index contributed by atoms with van der Waals surface area (Å²) in [5.74, 6) is -0.525. The van der Waals surface area contributed by atoms with Gasteiger partial charge in [-0.2, -0.15) is 0 Å². The van der Waals surface area contributed by atoms with Gasteiger partial charge >= 0.3 is 6.09 Å². The molecule has 9 nitrogen and oxygen atoms in total. The fourth-order valence-corrected chi connectivity index (χ4v) is 3.08. The van der Waals surface area contributed by atoms with Crippen molar-refractivity contribution in [2.75, 3.05) is 30.5 Å². The number of halogens is 1. The average Bonchev–Trinajstić information content (AvgIpc) is 2.81. The predicted octanol–water partition coefficient (Wildman–Crippen LogP) is 3.18. The summed E-state index contributed by atoms with van der Waals surface area (Å²) in [7, 11) is 2.64. The summed E-state index contributed by atoms with van der Waals surface area (Å²) >= 11 is 0. The van der Waals surface area contributed by atoms with Gasteiger partial charge in [0, 0.05) is 24.9 Å². The molecule has 1 aromatic heterocycles. The number of hydrogen-bond donors (Lipinski definition) is 4. The molecule has 0 spiro atoms. The maximum Gasteiger partial charge on any atom is 0.413 e. The molecular formula is C23H24FN7O2. The van der Waals surface area contributed by atoms with Gasteiger partial charge in [0.1, 0.15) is 17.2 Å². The second-order valence-electron chi connectivity index (χ2n) is 6.98. The van der Waals surface area contributed by atoms with Crippen LogP contribution in [0.15, 0.2) is 60.7 Å². The first-order valence-corrected chi connectivity index (χ1v) is 9.89. The molecule has 0 aliphatic carbocycles. The Bertz CT molecular complexity index is 1180. The van der Waals surface area contributed by atoms with E-state index >= 15 is 0 Å². The van der Waals surface area contributed by atoms with E-state index in [1.54, 1.807) is 18.2 Å². The number of carbonyl (C=O) groups is 1. The number of allylic oxidation sites excluding steroid dienone is 1. The number of amides is 1. The highest BCUT2D eigenvalue weighted by Crippen LogP contribution is 2.27. The SMILES string of the molecule is COC(=O)N(C)c1c(N)nc(C(=N)/C=C(\NCc2ccccc2F)c2ccccc2)nc1N. The third kappa shape index (κ3) is 5.42. The lowest BCUT2D eigenvalue weighted by Gasteiger charge is -2.19. The molecule has 3 aromatic rings. The van der Waals surface area contributed by atoms with Crippen molar-refractivity contribution >= 4 is 34.8 Å². The summed E-state index contributed by atoms with van der Waals surface area (Å²) in [6.07, 6.45) is 0.817.